The molecule has 132 valence electrons. The fourth-order valence-electron chi connectivity index (χ4n) is 2.84. The van der Waals surface area contributed by atoms with Crippen LogP contribution in [0.15, 0.2) is 23.1 Å². The van der Waals surface area contributed by atoms with Crippen molar-refractivity contribution < 1.29 is 22.7 Å². The smallest absolute Gasteiger partial charge is 0.243 e. The van der Waals surface area contributed by atoms with Gasteiger partial charge in [0.2, 0.25) is 22.7 Å². The fraction of sp³-hybridized carbons (Fsp3) is 0.562. The molecule has 8 heteroatoms. The quantitative estimate of drug-likeness (QED) is 0.814. The third kappa shape index (κ3) is 3.34. The SMILES string of the molecule is CC(C)CC(=O)N1CCN(S(=O)(=O)c2ccc3c(c2)OCO3)CC1. The maximum absolute atomic E-state index is 12.8. The Hall–Kier alpha value is -1.80. The summed E-state index contributed by atoms with van der Waals surface area (Å²) in [6, 6.07) is 4.63. The van der Waals surface area contributed by atoms with E-state index in [0.29, 0.717) is 50.0 Å². The van der Waals surface area contributed by atoms with Gasteiger partial charge in [0.1, 0.15) is 0 Å². The Kier molecular flexibility index (Phi) is 4.69. The van der Waals surface area contributed by atoms with E-state index in [4.69, 9.17) is 9.47 Å². The van der Waals surface area contributed by atoms with Crippen molar-refractivity contribution >= 4 is 15.9 Å². The second kappa shape index (κ2) is 6.60. The first-order valence-corrected chi connectivity index (χ1v) is 9.49. The predicted octanol–water partition coefficient (Wildman–Crippen LogP) is 1.29. The van der Waals surface area contributed by atoms with Gasteiger partial charge in [0, 0.05) is 38.7 Å². The summed E-state index contributed by atoms with van der Waals surface area (Å²) < 4.78 is 37.4. The topological polar surface area (TPSA) is 76.2 Å². The highest BCUT2D eigenvalue weighted by molar-refractivity contribution is 7.89. The molecule has 1 aromatic carbocycles. The standard InChI is InChI=1S/C16H22N2O5S/c1-12(2)9-16(19)17-5-7-18(8-6-17)24(20,21)13-3-4-14-15(10-13)23-11-22-14/h3-4,10,12H,5-9,11H2,1-2H3. The molecule has 0 N–H and O–H groups in total. The highest BCUT2D eigenvalue weighted by atomic mass is 32.2. The predicted molar refractivity (Wildman–Crippen MR) is 87.4 cm³/mol. The van der Waals surface area contributed by atoms with E-state index in [1.807, 2.05) is 13.8 Å². The van der Waals surface area contributed by atoms with Gasteiger partial charge in [-0.2, -0.15) is 4.31 Å². The molecule has 0 saturated carbocycles. The van der Waals surface area contributed by atoms with Crippen LogP contribution in [0.25, 0.3) is 0 Å². The molecule has 3 rings (SSSR count). The summed E-state index contributed by atoms with van der Waals surface area (Å²) in [6.45, 7) is 5.57. The molecule has 0 bridgehead atoms. The van der Waals surface area contributed by atoms with Crippen LogP contribution in [0.2, 0.25) is 0 Å². The van der Waals surface area contributed by atoms with Crippen LogP contribution in [-0.2, 0) is 14.8 Å². The molecular weight excluding hydrogens is 332 g/mol. The second-order valence-corrected chi connectivity index (χ2v) is 8.34. The van der Waals surface area contributed by atoms with Gasteiger partial charge in [0.25, 0.3) is 0 Å². The van der Waals surface area contributed by atoms with Crippen LogP contribution >= 0.6 is 0 Å². The molecule has 2 heterocycles. The van der Waals surface area contributed by atoms with E-state index < -0.39 is 10.0 Å². The number of hydrogen-bond donors (Lipinski definition) is 0. The molecule has 2 aliphatic rings. The summed E-state index contributed by atoms with van der Waals surface area (Å²) in [7, 11) is -3.60. The van der Waals surface area contributed by atoms with Crippen LogP contribution in [0.3, 0.4) is 0 Å². The van der Waals surface area contributed by atoms with Crippen LogP contribution in [0.4, 0.5) is 0 Å². The maximum Gasteiger partial charge on any atom is 0.243 e. The molecule has 0 aromatic heterocycles. The Bertz CT molecular complexity index is 724. The van der Waals surface area contributed by atoms with E-state index in [1.54, 1.807) is 11.0 Å². The van der Waals surface area contributed by atoms with Gasteiger partial charge in [-0.15, -0.1) is 0 Å². The summed E-state index contributed by atoms with van der Waals surface area (Å²) in [6.07, 6.45) is 0.495. The molecular formula is C16H22N2O5S. The molecule has 1 aromatic rings. The van der Waals surface area contributed by atoms with E-state index in [0.717, 1.165) is 0 Å². The molecule has 2 aliphatic heterocycles. The third-order valence-corrected chi connectivity index (χ3v) is 6.05. The molecule has 7 nitrogen and oxygen atoms in total. The number of sulfonamides is 1. The number of nitrogens with zero attached hydrogens (tertiary/aromatic N) is 2. The number of benzene rings is 1. The molecule has 1 amide bonds. The normalized spacial score (nSPS) is 18.2. The van der Waals surface area contributed by atoms with E-state index in [-0.39, 0.29) is 17.6 Å². The van der Waals surface area contributed by atoms with Crippen LogP contribution in [-0.4, -0.2) is 56.5 Å². The summed E-state index contributed by atoms with van der Waals surface area (Å²) in [4.78, 5) is 14.0. The number of amides is 1. The lowest BCUT2D eigenvalue weighted by Gasteiger charge is -2.34. The van der Waals surface area contributed by atoms with E-state index in [9.17, 15) is 13.2 Å². The Morgan fingerprint density at radius 1 is 1.12 bits per heavy atom. The molecule has 0 aliphatic carbocycles. The van der Waals surface area contributed by atoms with Crippen LogP contribution in [0.5, 0.6) is 11.5 Å². The van der Waals surface area contributed by atoms with Gasteiger partial charge in [0.05, 0.1) is 4.90 Å². The number of piperazine rings is 1. The molecule has 1 saturated heterocycles. The van der Waals surface area contributed by atoms with Crippen molar-refractivity contribution in [1.82, 2.24) is 9.21 Å². The Balaban J connectivity index is 1.68. The summed E-state index contributed by atoms with van der Waals surface area (Å²) in [5.74, 6) is 1.39. The van der Waals surface area contributed by atoms with Crippen molar-refractivity contribution in [3.8, 4) is 11.5 Å². The van der Waals surface area contributed by atoms with Crippen molar-refractivity contribution in [3.05, 3.63) is 18.2 Å². The van der Waals surface area contributed by atoms with Gasteiger partial charge in [-0.3, -0.25) is 4.79 Å². The average molecular weight is 354 g/mol. The number of carbonyl (C=O) groups is 1. The number of fused-ring (bicyclic) bond motifs is 1. The number of hydrogen-bond acceptors (Lipinski definition) is 5. The monoisotopic (exact) mass is 354 g/mol. The van der Waals surface area contributed by atoms with Gasteiger partial charge in [0.15, 0.2) is 11.5 Å². The van der Waals surface area contributed by atoms with Crippen molar-refractivity contribution in [2.24, 2.45) is 5.92 Å². The lowest BCUT2D eigenvalue weighted by atomic mass is 10.1. The summed E-state index contributed by atoms with van der Waals surface area (Å²) in [5.41, 5.74) is 0. The lowest BCUT2D eigenvalue weighted by Crippen LogP contribution is -2.50. The molecule has 0 atom stereocenters. The number of rotatable bonds is 4. The third-order valence-electron chi connectivity index (χ3n) is 4.16. The lowest BCUT2D eigenvalue weighted by molar-refractivity contribution is -0.133. The number of carbonyl (C=O) groups excluding carboxylic acids is 1. The van der Waals surface area contributed by atoms with Crippen molar-refractivity contribution in [3.63, 3.8) is 0 Å². The van der Waals surface area contributed by atoms with Gasteiger partial charge >= 0.3 is 0 Å². The van der Waals surface area contributed by atoms with Gasteiger partial charge < -0.3 is 14.4 Å². The minimum absolute atomic E-state index is 0.0881. The zero-order chi connectivity index (χ0) is 17.3. The van der Waals surface area contributed by atoms with E-state index in [1.165, 1.54) is 16.4 Å². The molecule has 1 fully saturated rings. The molecule has 0 radical (unpaired) electrons. The zero-order valence-corrected chi connectivity index (χ0v) is 14.7. The van der Waals surface area contributed by atoms with Gasteiger partial charge in [-0.05, 0) is 18.1 Å². The average Bonchev–Trinajstić information content (AvgIpc) is 3.02. The number of ether oxygens (including phenoxy) is 2. The van der Waals surface area contributed by atoms with Crippen LogP contribution in [0.1, 0.15) is 20.3 Å². The zero-order valence-electron chi connectivity index (χ0n) is 13.9. The first-order valence-electron chi connectivity index (χ1n) is 8.05. The van der Waals surface area contributed by atoms with Crippen LogP contribution < -0.4 is 9.47 Å². The molecule has 24 heavy (non-hydrogen) atoms. The Labute approximate surface area is 142 Å². The van der Waals surface area contributed by atoms with Gasteiger partial charge in [-0.1, -0.05) is 13.8 Å². The molecule has 0 spiro atoms. The van der Waals surface area contributed by atoms with Crippen molar-refractivity contribution in [1.29, 1.82) is 0 Å². The first-order chi connectivity index (χ1) is 11.4. The minimum Gasteiger partial charge on any atom is -0.454 e. The largest absolute Gasteiger partial charge is 0.454 e. The minimum atomic E-state index is -3.60. The Morgan fingerprint density at radius 2 is 1.79 bits per heavy atom. The van der Waals surface area contributed by atoms with E-state index in [2.05, 4.69) is 0 Å². The highest BCUT2D eigenvalue weighted by Crippen LogP contribution is 2.34. The fourth-order valence-corrected chi connectivity index (χ4v) is 4.28. The van der Waals surface area contributed by atoms with Crippen molar-refractivity contribution in [2.75, 3.05) is 33.0 Å². The van der Waals surface area contributed by atoms with Crippen molar-refractivity contribution in [2.45, 2.75) is 25.2 Å². The second-order valence-electron chi connectivity index (χ2n) is 6.40. The van der Waals surface area contributed by atoms with Crippen LogP contribution in [0, 0.1) is 5.92 Å². The molecule has 0 unspecified atom stereocenters. The maximum atomic E-state index is 12.8. The summed E-state index contributed by atoms with van der Waals surface area (Å²) in [5, 5.41) is 0. The summed E-state index contributed by atoms with van der Waals surface area (Å²) >= 11 is 0. The van der Waals surface area contributed by atoms with E-state index >= 15 is 0 Å². The van der Waals surface area contributed by atoms with Gasteiger partial charge in [-0.25, -0.2) is 8.42 Å². The Morgan fingerprint density at radius 3 is 2.46 bits per heavy atom. The highest BCUT2D eigenvalue weighted by Gasteiger charge is 2.31. The first kappa shape index (κ1) is 17.0.